The van der Waals surface area contributed by atoms with E-state index in [0.717, 1.165) is 49.0 Å². The first-order chi connectivity index (χ1) is 11.7. The second-order valence-electron chi connectivity index (χ2n) is 5.82. The number of aryl methyl sites for hydroxylation is 2. The Hall–Kier alpha value is -2.32. The second-order valence-corrected chi connectivity index (χ2v) is 6.93. The van der Waals surface area contributed by atoms with E-state index in [-0.39, 0.29) is 12.5 Å². The lowest BCUT2D eigenvalue weighted by Crippen LogP contribution is -2.20. The first-order valence-corrected chi connectivity index (χ1v) is 9.09. The second kappa shape index (κ2) is 7.50. The molecule has 24 heavy (non-hydrogen) atoms. The van der Waals surface area contributed by atoms with Crippen molar-refractivity contribution in [3.63, 3.8) is 0 Å². The molecule has 1 aromatic heterocycles. The summed E-state index contributed by atoms with van der Waals surface area (Å²) in [6, 6.07) is 9.98. The molecule has 1 aliphatic rings. The molecular formula is C19H20N2O2S. The lowest BCUT2D eigenvalue weighted by atomic mass is 9.96. The Morgan fingerprint density at radius 1 is 1.33 bits per heavy atom. The highest BCUT2D eigenvalue weighted by Crippen LogP contribution is 2.37. The van der Waals surface area contributed by atoms with Gasteiger partial charge in [-0.15, -0.1) is 11.3 Å². The third-order valence-corrected chi connectivity index (χ3v) is 5.46. The first-order valence-electron chi connectivity index (χ1n) is 8.28. The number of thiophene rings is 1. The van der Waals surface area contributed by atoms with Crippen molar-refractivity contribution in [3.05, 3.63) is 45.8 Å². The standard InChI is InChI=1S/C19H20N2O2S/c1-2-13-7-3-5-9-16(13)23-12-18(22)21-19-15(11-20)14-8-4-6-10-17(14)24-19/h3,5,7,9H,2,4,6,8,10,12H2,1H3,(H,21,22). The van der Waals surface area contributed by atoms with Gasteiger partial charge in [-0.25, -0.2) is 0 Å². The average molecular weight is 340 g/mol. The van der Waals surface area contributed by atoms with Gasteiger partial charge < -0.3 is 10.1 Å². The van der Waals surface area contributed by atoms with Crippen molar-refractivity contribution in [1.82, 2.24) is 0 Å². The van der Waals surface area contributed by atoms with Crippen LogP contribution >= 0.6 is 11.3 Å². The van der Waals surface area contributed by atoms with E-state index >= 15 is 0 Å². The molecule has 0 fully saturated rings. The maximum absolute atomic E-state index is 12.2. The van der Waals surface area contributed by atoms with Crippen molar-refractivity contribution in [2.45, 2.75) is 39.0 Å². The van der Waals surface area contributed by atoms with E-state index in [1.807, 2.05) is 24.3 Å². The summed E-state index contributed by atoms with van der Waals surface area (Å²) in [5.74, 6) is 0.511. The maximum atomic E-state index is 12.2. The van der Waals surface area contributed by atoms with Gasteiger partial charge in [-0.2, -0.15) is 5.26 Å². The average Bonchev–Trinajstić information content (AvgIpc) is 2.97. The van der Waals surface area contributed by atoms with Crippen molar-refractivity contribution in [2.75, 3.05) is 11.9 Å². The number of para-hydroxylation sites is 1. The summed E-state index contributed by atoms with van der Waals surface area (Å²) in [4.78, 5) is 13.5. The van der Waals surface area contributed by atoms with E-state index in [4.69, 9.17) is 4.74 Å². The number of rotatable bonds is 5. The number of hydrogen-bond donors (Lipinski definition) is 1. The number of ether oxygens (including phenoxy) is 1. The Morgan fingerprint density at radius 2 is 2.12 bits per heavy atom. The predicted octanol–water partition coefficient (Wildman–Crippen LogP) is 4.08. The Morgan fingerprint density at radius 3 is 2.92 bits per heavy atom. The molecule has 3 rings (SSSR count). The van der Waals surface area contributed by atoms with Crippen LogP contribution < -0.4 is 10.1 Å². The summed E-state index contributed by atoms with van der Waals surface area (Å²) in [5.41, 5.74) is 2.84. The molecule has 0 unspecified atom stereocenters. The zero-order valence-electron chi connectivity index (χ0n) is 13.7. The van der Waals surface area contributed by atoms with Crippen LogP contribution in [0.1, 0.15) is 41.3 Å². The van der Waals surface area contributed by atoms with Gasteiger partial charge in [0.15, 0.2) is 6.61 Å². The van der Waals surface area contributed by atoms with Crippen LogP contribution in [-0.4, -0.2) is 12.5 Å². The van der Waals surface area contributed by atoms with Crippen molar-refractivity contribution in [2.24, 2.45) is 0 Å². The molecule has 5 heteroatoms. The fourth-order valence-electron chi connectivity index (χ4n) is 3.01. The van der Waals surface area contributed by atoms with Gasteiger partial charge in [0.2, 0.25) is 0 Å². The fourth-order valence-corrected chi connectivity index (χ4v) is 4.27. The maximum Gasteiger partial charge on any atom is 0.262 e. The molecule has 1 amide bonds. The van der Waals surface area contributed by atoms with Gasteiger partial charge in [0, 0.05) is 4.88 Å². The number of nitriles is 1. The summed E-state index contributed by atoms with van der Waals surface area (Å²) in [5, 5.41) is 13.0. The molecule has 4 nitrogen and oxygen atoms in total. The monoisotopic (exact) mass is 340 g/mol. The molecule has 0 spiro atoms. The van der Waals surface area contributed by atoms with Crippen LogP contribution in [-0.2, 0) is 24.1 Å². The van der Waals surface area contributed by atoms with Gasteiger partial charge in [0.05, 0.1) is 5.56 Å². The van der Waals surface area contributed by atoms with Crippen LogP contribution in [0.2, 0.25) is 0 Å². The van der Waals surface area contributed by atoms with E-state index in [2.05, 4.69) is 18.3 Å². The number of carbonyl (C=O) groups is 1. The molecule has 0 bridgehead atoms. The minimum atomic E-state index is -0.226. The molecular weight excluding hydrogens is 320 g/mol. The van der Waals surface area contributed by atoms with Gasteiger partial charge in [-0.1, -0.05) is 25.1 Å². The molecule has 0 saturated heterocycles. The Kier molecular flexibility index (Phi) is 5.17. The van der Waals surface area contributed by atoms with Crippen molar-refractivity contribution in [3.8, 4) is 11.8 Å². The van der Waals surface area contributed by atoms with Crippen LogP contribution in [0.3, 0.4) is 0 Å². The van der Waals surface area contributed by atoms with Crippen LogP contribution in [0.15, 0.2) is 24.3 Å². The molecule has 1 aromatic carbocycles. The number of amides is 1. The lowest BCUT2D eigenvalue weighted by Gasteiger charge is -2.10. The number of fused-ring (bicyclic) bond motifs is 1. The summed E-state index contributed by atoms with van der Waals surface area (Å²) < 4.78 is 5.65. The third-order valence-electron chi connectivity index (χ3n) is 4.25. The fraction of sp³-hybridized carbons (Fsp3) is 0.368. The highest BCUT2D eigenvalue weighted by molar-refractivity contribution is 7.16. The smallest absolute Gasteiger partial charge is 0.262 e. The van der Waals surface area contributed by atoms with Crippen LogP contribution in [0, 0.1) is 11.3 Å². The molecule has 0 saturated carbocycles. The molecule has 1 N–H and O–H groups in total. The predicted molar refractivity (Wildman–Crippen MR) is 95.6 cm³/mol. The Labute approximate surface area is 146 Å². The largest absolute Gasteiger partial charge is 0.483 e. The van der Waals surface area contributed by atoms with E-state index in [0.29, 0.717) is 10.6 Å². The number of anilines is 1. The van der Waals surface area contributed by atoms with Gasteiger partial charge in [-0.3, -0.25) is 4.79 Å². The van der Waals surface area contributed by atoms with Crippen molar-refractivity contribution < 1.29 is 9.53 Å². The van der Waals surface area contributed by atoms with E-state index in [1.165, 1.54) is 16.2 Å². The summed E-state index contributed by atoms with van der Waals surface area (Å²) >= 11 is 1.53. The normalized spacial score (nSPS) is 13.0. The van der Waals surface area contributed by atoms with Crippen LogP contribution in [0.25, 0.3) is 0 Å². The summed E-state index contributed by atoms with van der Waals surface area (Å²) in [6.45, 7) is 2.00. The molecule has 1 heterocycles. The zero-order chi connectivity index (χ0) is 16.9. The Bertz CT molecular complexity index is 789. The zero-order valence-corrected chi connectivity index (χ0v) is 14.5. The highest BCUT2D eigenvalue weighted by atomic mass is 32.1. The van der Waals surface area contributed by atoms with Crippen molar-refractivity contribution in [1.29, 1.82) is 5.26 Å². The highest BCUT2D eigenvalue weighted by Gasteiger charge is 2.21. The Balaban J connectivity index is 1.67. The topological polar surface area (TPSA) is 62.1 Å². The van der Waals surface area contributed by atoms with Crippen LogP contribution in [0.4, 0.5) is 5.00 Å². The molecule has 0 aliphatic heterocycles. The minimum Gasteiger partial charge on any atom is -0.483 e. The number of hydrogen-bond acceptors (Lipinski definition) is 4. The minimum absolute atomic E-state index is 0.0511. The van der Waals surface area contributed by atoms with E-state index in [9.17, 15) is 10.1 Å². The quantitative estimate of drug-likeness (QED) is 0.892. The summed E-state index contributed by atoms with van der Waals surface area (Å²) in [6.07, 6.45) is 5.06. The molecule has 1 aliphatic carbocycles. The first kappa shape index (κ1) is 16.5. The molecule has 0 radical (unpaired) electrons. The number of benzene rings is 1. The van der Waals surface area contributed by atoms with E-state index in [1.54, 1.807) is 0 Å². The van der Waals surface area contributed by atoms with E-state index < -0.39 is 0 Å². The molecule has 0 atom stereocenters. The molecule has 124 valence electrons. The third kappa shape index (κ3) is 3.44. The van der Waals surface area contributed by atoms with Crippen molar-refractivity contribution >= 4 is 22.2 Å². The van der Waals surface area contributed by atoms with Gasteiger partial charge in [-0.05, 0) is 49.3 Å². The number of nitrogens with zero attached hydrogens (tertiary/aromatic N) is 1. The van der Waals surface area contributed by atoms with Gasteiger partial charge in [0.25, 0.3) is 5.91 Å². The van der Waals surface area contributed by atoms with Gasteiger partial charge in [0.1, 0.15) is 16.8 Å². The number of nitrogens with one attached hydrogen (secondary N) is 1. The SMILES string of the molecule is CCc1ccccc1OCC(=O)Nc1sc2c(c1C#N)CCCC2. The molecule has 2 aromatic rings. The van der Waals surface area contributed by atoms with Gasteiger partial charge >= 0.3 is 0 Å². The van der Waals surface area contributed by atoms with Crippen LogP contribution in [0.5, 0.6) is 5.75 Å². The summed E-state index contributed by atoms with van der Waals surface area (Å²) in [7, 11) is 0. The lowest BCUT2D eigenvalue weighted by molar-refractivity contribution is -0.118. The number of carbonyl (C=O) groups excluding carboxylic acids is 1.